The predicted molar refractivity (Wildman–Crippen MR) is 195 cm³/mol. The van der Waals surface area contributed by atoms with E-state index in [1.165, 1.54) is 6.08 Å². The molecule has 0 unspecified atom stereocenters. The van der Waals surface area contributed by atoms with E-state index in [2.05, 4.69) is 6.92 Å². The van der Waals surface area contributed by atoms with Crippen LogP contribution in [0.15, 0.2) is 12.2 Å². The van der Waals surface area contributed by atoms with Gasteiger partial charge >= 0.3 is 29.6 Å². The Labute approximate surface area is 345 Å². The summed E-state index contributed by atoms with van der Waals surface area (Å²) in [6.45, 7) is 19.3. The van der Waals surface area contributed by atoms with E-state index in [1.807, 2.05) is 55.4 Å². The molecule has 5 rings (SSSR count). The van der Waals surface area contributed by atoms with Crippen molar-refractivity contribution in [3.05, 3.63) is 12.2 Å². The van der Waals surface area contributed by atoms with Gasteiger partial charge in [-0.2, -0.15) is 0 Å². The fourth-order valence-electron chi connectivity index (χ4n) is 10.3. The third-order valence-electron chi connectivity index (χ3n) is 14.3. The number of aliphatic hydroxyl groups is 2. The number of Topliss-reactive ketones (excluding diaryl/α,β-unsaturated/α-hetero) is 1. The van der Waals surface area contributed by atoms with Crippen molar-refractivity contribution in [2.45, 2.75) is 193 Å². The molecule has 54 heavy (non-hydrogen) atoms. The first-order chi connectivity index (χ1) is 24.8. The molecule has 12 heteroatoms. The number of aliphatic hydroxyl groups excluding tert-OH is 1. The van der Waals surface area contributed by atoms with Crippen molar-refractivity contribution < 1.29 is 82.9 Å². The van der Waals surface area contributed by atoms with Crippen molar-refractivity contribution in [1.29, 1.82) is 0 Å². The minimum atomic E-state index is -1.57. The molecule has 4 saturated heterocycles. The van der Waals surface area contributed by atoms with Crippen LogP contribution in [0.25, 0.3) is 0 Å². The Morgan fingerprint density at radius 3 is 2.19 bits per heavy atom. The van der Waals surface area contributed by atoms with Crippen LogP contribution in [0.4, 0.5) is 0 Å². The van der Waals surface area contributed by atoms with E-state index in [1.54, 1.807) is 13.0 Å². The Morgan fingerprint density at radius 1 is 0.926 bits per heavy atom. The van der Waals surface area contributed by atoms with Crippen LogP contribution in [-0.2, 0) is 38.1 Å². The van der Waals surface area contributed by atoms with E-state index in [-0.39, 0.29) is 71.1 Å². The molecule has 5 aliphatic rings. The number of carboxylic acids is 1. The number of carbonyl (C=O) groups is 3. The molecule has 2 N–H and O–H groups in total. The van der Waals surface area contributed by atoms with Crippen LogP contribution in [0.2, 0.25) is 0 Å². The summed E-state index contributed by atoms with van der Waals surface area (Å²) in [6, 6.07) is 0. The van der Waals surface area contributed by atoms with E-state index in [9.17, 15) is 29.7 Å². The number of hydrogen-bond acceptors (Lipinski definition) is 11. The predicted octanol–water partition coefficient (Wildman–Crippen LogP) is 2.07. The van der Waals surface area contributed by atoms with Crippen LogP contribution < -0.4 is 34.7 Å². The number of hydrogen-bond donors (Lipinski definition) is 2. The minimum absolute atomic E-state index is 0. The molecule has 4 fully saturated rings. The first kappa shape index (κ1) is 46.0. The van der Waals surface area contributed by atoms with Gasteiger partial charge in [0.05, 0.1) is 47.8 Å². The molecule has 0 saturated carbocycles. The Morgan fingerprint density at radius 2 is 1.59 bits per heavy atom. The number of ether oxygens (including phenoxy) is 5. The zero-order valence-electron chi connectivity index (χ0n) is 34.8. The second kappa shape index (κ2) is 17.6. The first-order valence-corrected chi connectivity index (χ1v) is 20.6. The van der Waals surface area contributed by atoms with Gasteiger partial charge in [-0.15, -0.1) is 0 Å². The Bertz CT molecular complexity index is 1380. The van der Waals surface area contributed by atoms with Gasteiger partial charge < -0.3 is 43.8 Å². The largest absolute Gasteiger partial charge is 1.00 e. The van der Waals surface area contributed by atoms with Crippen molar-refractivity contribution in [3.63, 3.8) is 0 Å². The maximum Gasteiger partial charge on any atom is 1.00 e. The van der Waals surface area contributed by atoms with Crippen molar-refractivity contribution >= 4 is 17.5 Å². The van der Waals surface area contributed by atoms with Gasteiger partial charge in [-0.1, -0.05) is 55.4 Å². The average Bonchev–Trinajstić information content (AvgIpc) is 3.47. The molecule has 11 nitrogen and oxygen atoms in total. The number of carbonyl (C=O) groups excluding carboxylic acids is 3. The van der Waals surface area contributed by atoms with Crippen molar-refractivity contribution in [2.75, 3.05) is 0 Å². The molecular formula is C42H67NaO11. The fourth-order valence-corrected chi connectivity index (χ4v) is 10.3. The molecule has 17 atom stereocenters. The van der Waals surface area contributed by atoms with Crippen LogP contribution in [0.5, 0.6) is 0 Å². The molecule has 0 amide bonds. The van der Waals surface area contributed by atoms with Gasteiger partial charge in [-0.3, -0.25) is 9.59 Å². The monoisotopic (exact) mass is 770 g/mol. The summed E-state index contributed by atoms with van der Waals surface area (Å²) in [5, 5.41) is 34.5. The average molecular weight is 771 g/mol. The topological polar surface area (TPSA) is 161 Å². The maximum absolute atomic E-state index is 14.4. The van der Waals surface area contributed by atoms with Gasteiger partial charge in [0.25, 0.3) is 0 Å². The Balaban J connectivity index is 0.00000650. The summed E-state index contributed by atoms with van der Waals surface area (Å²) in [5.74, 6) is -6.92. The zero-order chi connectivity index (χ0) is 39.3. The van der Waals surface area contributed by atoms with E-state index in [0.29, 0.717) is 57.8 Å². The van der Waals surface area contributed by atoms with Crippen molar-refractivity contribution in [1.82, 2.24) is 0 Å². The summed E-state index contributed by atoms with van der Waals surface area (Å²) in [4.78, 5) is 39.9. The summed E-state index contributed by atoms with van der Waals surface area (Å²) in [6.07, 6.45) is 5.56. The number of rotatable bonds is 12. The molecule has 0 aromatic heterocycles. The normalized spacial score (nSPS) is 44.0. The van der Waals surface area contributed by atoms with Gasteiger partial charge in [0.15, 0.2) is 5.79 Å². The summed E-state index contributed by atoms with van der Waals surface area (Å²) >= 11 is 0. The molecule has 0 aromatic carbocycles. The van der Waals surface area contributed by atoms with Crippen LogP contribution in [0, 0.1) is 41.4 Å². The Hall–Kier alpha value is -0.730. The molecule has 0 radical (unpaired) electrons. The molecular weight excluding hydrogens is 703 g/mol. The number of carboxylic acid groups (broad SMARTS) is 1. The van der Waals surface area contributed by atoms with Gasteiger partial charge in [0, 0.05) is 42.0 Å². The van der Waals surface area contributed by atoms with Crippen molar-refractivity contribution in [3.8, 4) is 0 Å². The summed E-state index contributed by atoms with van der Waals surface area (Å²) in [7, 11) is 0. The van der Waals surface area contributed by atoms with Crippen LogP contribution in [0.1, 0.15) is 133 Å². The second-order valence-corrected chi connectivity index (χ2v) is 17.7. The van der Waals surface area contributed by atoms with Gasteiger partial charge in [0.2, 0.25) is 11.6 Å². The third-order valence-corrected chi connectivity index (χ3v) is 14.3. The smallest absolute Gasteiger partial charge is 0.550 e. The second-order valence-electron chi connectivity index (χ2n) is 17.7. The fraction of sp³-hybridized carbons (Fsp3) is 0.881. The van der Waals surface area contributed by atoms with E-state index in [4.69, 9.17) is 23.7 Å². The standard InChI is InChI=1S/C42H68O11.Na/c1-11-29(38(46)47)31-15-14-23(4)36(50-31)27(8)34(44)26(7)35(45)30(12-2)37-24(5)22-25(6)41(51-37)19-16-32(43)42(53-41)21-20-39(10,52-42)33-17-18-40(48,13-3)28(9)49-33;/h16,19,23-31,33-34,36-37,44,48H,11-15,17-18,20-22H2,1-10H3,(H,46,47);/q;+1/p-1/t23-,24-,25+,26-,27-,28-,29+,30-,31+,33+,34+,36+,37-,39-,40+,41-,42-;/m0./s1. The zero-order valence-corrected chi connectivity index (χ0v) is 36.8. The summed E-state index contributed by atoms with van der Waals surface area (Å²) in [5.41, 5.74) is -1.71. The molecule has 0 bridgehead atoms. The molecule has 0 aliphatic carbocycles. The molecule has 5 heterocycles. The van der Waals surface area contributed by atoms with E-state index in [0.717, 1.165) is 6.42 Å². The molecule has 302 valence electrons. The minimum Gasteiger partial charge on any atom is -0.550 e. The first-order valence-electron chi connectivity index (χ1n) is 20.6. The number of aliphatic carboxylic acids is 1. The van der Waals surface area contributed by atoms with Crippen molar-refractivity contribution in [2.24, 2.45) is 41.4 Å². The van der Waals surface area contributed by atoms with Crippen LogP contribution in [-0.4, -0.2) is 87.1 Å². The SMILES string of the molecule is CC[C@@H](C(=O)[C@@H](C)[C@@H](O)[C@H](C)[C@@H]1O[C@@H]([C@@H](CC)C(=O)[O-])CC[C@@H]1C)[C@H]1O[C@]2(C=CC(=O)[C@]3(CC[C@@](C)([C@H]4CC[C@](O)(CC)[C@H](C)O4)O3)O2)[C@H](C)C[C@@H]1C.[Na+]. The van der Waals surface area contributed by atoms with Gasteiger partial charge in [-0.05, 0) is 95.6 Å². The quantitative estimate of drug-likeness (QED) is 0.280. The molecule has 5 aliphatic heterocycles. The number of ketones is 2. The maximum atomic E-state index is 14.4. The van der Waals surface area contributed by atoms with E-state index >= 15 is 0 Å². The summed E-state index contributed by atoms with van der Waals surface area (Å²) < 4.78 is 33.1. The van der Waals surface area contributed by atoms with Gasteiger partial charge in [0.1, 0.15) is 5.78 Å². The molecule has 2 spiro atoms. The van der Waals surface area contributed by atoms with Crippen LogP contribution in [0.3, 0.4) is 0 Å². The Kier molecular flexibility index (Phi) is 15.0. The van der Waals surface area contributed by atoms with E-state index < -0.39 is 76.8 Å². The van der Waals surface area contributed by atoms with Crippen LogP contribution >= 0.6 is 0 Å². The third kappa shape index (κ3) is 8.53. The van der Waals surface area contributed by atoms with Gasteiger partial charge in [-0.25, -0.2) is 0 Å². The molecule has 0 aromatic rings.